The van der Waals surface area contributed by atoms with Gasteiger partial charge in [0.15, 0.2) is 0 Å². The van der Waals surface area contributed by atoms with Crippen molar-refractivity contribution in [2.75, 3.05) is 19.5 Å². The van der Waals surface area contributed by atoms with Crippen LogP contribution in [-0.2, 0) is 10.0 Å². The number of methoxy groups -OCH3 is 1. The Bertz CT molecular complexity index is 459. The van der Waals surface area contributed by atoms with Gasteiger partial charge in [-0.2, -0.15) is 0 Å². The minimum atomic E-state index is -3.55. The van der Waals surface area contributed by atoms with Crippen LogP contribution in [0.5, 0.6) is 5.75 Å². The molecule has 0 saturated heterocycles. The zero-order valence-corrected chi connectivity index (χ0v) is 10.7. The quantitative estimate of drug-likeness (QED) is 0.820. The summed E-state index contributed by atoms with van der Waals surface area (Å²) in [6, 6.07) is 4.99. The third-order valence-electron chi connectivity index (χ3n) is 2.00. The summed E-state index contributed by atoms with van der Waals surface area (Å²) >= 11 is 5.44. The highest BCUT2D eigenvalue weighted by Crippen LogP contribution is 2.24. The van der Waals surface area contributed by atoms with Gasteiger partial charge in [-0.15, -0.1) is 11.6 Å². The van der Waals surface area contributed by atoms with Crippen molar-refractivity contribution >= 4 is 21.6 Å². The Morgan fingerprint density at radius 2 is 2.12 bits per heavy atom. The van der Waals surface area contributed by atoms with Crippen LogP contribution < -0.4 is 9.46 Å². The Labute approximate surface area is 101 Å². The van der Waals surface area contributed by atoms with E-state index in [4.69, 9.17) is 16.3 Å². The molecular formula is C10H14ClNO3S. The molecule has 0 bridgehead atoms. The van der Waals surface area contributed by atoms with Crippen LogP contribution in [0.1, 0.15) is 5.56 Å². The number of hydrogen-bond donors (Lipinski definition) is 1. The summed E-state index contributed by atoms with van der Waals surface area (Å²) < 4.78 is 31.1. The molecule has 0 atom stereocenters. The highest BCUT2D eigenvalue weighted by Gasteiger charge is 2.18. The average Bonchev–Trinajstić information content (AvgIpc) is 2.26. The number of hydrogen-bond acceptors (Lipinski definition) is 3. The number of benzene rings is 1. The molecule has 0 aliphatic rings. The lowest BCUT2D eigenvalue weighted by Crippen LogP contribution is -2.26. The maximum atomic E-state index is 11.9. The zero-order chi connectivity index (χ0) is 12.2. The summed E-state index contributed by atoms with van der Waals surface area (Å²) in [7, 11) is -2.11. The van der Waals surface area contributed by atoms with Crippen molar-refractivity contribution in [3.8, 4) is 5.75 Å². The van der Waals surface area contributed by atoms with Gasteiger partial charge in [0.1, 0.15) is 10.6 Å². The molecule has 1 aromatic rings. The van der Waals surface area contributed by atoms with Crippen LogP contribution in [0.25, 0.3) is 0 Å². The van der Waals surface area contributed by atoms with E-state index in [9.17, 15) is 8.42 Å². The van der Waals surface area contributed by atoms with Crippen LogP contribution in [0.4, 0.5) is 0 Å². The molecule has 0 unspecified atom stereocenters. The van der Waals surface area contributed by atoms with Crippen molar-refractivity contribution in [1.82, 2.24) is 4.72 Å². The first-order chi connectivity index (χ1) is 7.51. The third kappa shape index (κ3) is 3.10. The van der Waals surface area contributed by atoms with Crippen LogP contribution in [-0.4, -0.2) is 28.0 Å². The predicted molar refractivity (Wildman–Crippen MR) is 63.6 cm³/mol. The number of aryl methyl sites for hydroxylation is 1. The number of alkyl halides is 1. The maximum absolute atomic E-state index is 11.9. The zero-order valence-electron chi connectivity index (χ0n) is 9.16. The van der Waals surface area contributed by atoms with Crippen LogP contribution >= 0.6 is 11.6 Å². The fourth-order valence-electron chi connectivity index (χ4n) is 1.24. The van der Waals surface area contributed by atoms with Crippen molar-refractivity contribution < 1.29 is 13.2 Å². The molecule has 90 valence electrons. The Hall–Kier alpha value is -0.780. The summed E-state index contributed by atoms with van der Waals surface area (Å²) in [5, 5.41) is 0. The van der Waals surface area contributed by atoms with Gasteiger partial charge in [-0.1, -0.05) is 6.07 Å². The molecule has 0 saturated carbocycles. The standard InChI is InChI=1S/C10H14ClNO3S/c1-8-3-4-9(15-2)10(7-8)16(13,14)12-6-5-11/h3-4,7,12H,5-6H2,1-2H3. The second-order valence-electron chi connectivity index (χ2n) is 3.24. The molecule has 0 fully saturated rings. The third-order valence-corrected chi connectivity index (χ3v) is 3.67. The van der Waals surface area contributed by atoms with Gasteiger partial charge in [-0.3, -0.25) is 0 Å². The van der Waals surface area contributed by atoms with Crippen LogP contribution in [0.3, 0.4) is 0 Å². The number of halogens is 1. The Kier molecular flexibility index (Phi) is 4.58. The topological polar surface area (TPSA) is 55.4 Å². The summed E-state index contributed by atoms with van der Waals surface area (Å²) in [6.45, 7) is 2.01. The molecule has 1 aromatic carbocycles. The molecule has 0 heterocycles. The van der Waals surface area contributed by atoms with Gasteiger partial charge in [-0.25, -0.2) is 13.1 Å². The molecule has 0 radical (unpaired) electrons. The van der Waals surface area contributed by atoms with E-state index < -0.39 is 10.0 Å². The fraction of sp³-hybridized carbons (Fsp3) is 0.400. The van der Waals surface area contributed by atoms with Gasteiger partial charge >= 0.3 is 0 Å². The smallest absolute Gasteiger partial charge is 0.244 e. The molecular weight excluding hydrogens is 250 g/mol. The lowest BCUT2D eigenvalue weighted by molar-refractivity contribution is 0.402. The van der Waals surface area contributed by atoms with E-state index >= 15 is 0 Å². The van der Waals surface area contributed by atoms with E-state index in [1.54, 1.807) is 18.2 Å². The molecule has 0 amide bonds. The van der Waals surface area contributed by atoms with E-state index in [2.05, 4.69) is 4.72 Å². The van der Waals surface area contributed by atoms with Crippen LogP contribution in [0, 0.1) is 6.92 Å². The van der Waals surface area contributed by atoms with E-state index in [1.807, 2.05) is 6.92 Å². The normalized spacial score (nSPS) is 11.4. The van der Waals surface area contributed by atoms with E-state index in [0.717, 1.165) is 5.56 Å². The second kappa shape index (κ2) is 5.52. The summed E-state index contributed by atoms with van der Waals surface area (Å²) in [5.74, 6) is 0.556. The first-order valence-electron chi connectivity index (χ1n) is 4.71. The van der Waals surface area contributed by atoms with Gasteiger partial charge in [-0.05, 0) is 24.6 Å². The minimum absolute atomic E-state index is 0.139. The molecule has 1 N–H and O–H groups in total. The Morgan fingerprint density at radius 3 is 2.69 bits per heavy atom. The van der Waals surface area contributed by atoms with Crippen molar-refractivity contribution in [2.45, 2.75) is 11.8 Å². The monoisotopic (exact) mass is 263 g/mol. The fourth-order valence-corrected chi connectivity index (χ4v) is 2.73. The number of ether oxygens (including phenoxy) is 1. The van der Waals surface area contributed by atoms with Crippen molar-refractivity contribution in [2.24, 2.45) is 0 Å². The van der Waals surface area contributed by atoms with Gasteiger partial charge in [0.25, 0.3) is 0 Å². The van der Waals surface area contributed by atoms with Crippen LogP contribution in [0.2, 0.25) is 0 Å². The highest BCUT2D eigenvalue weighted by molar-refractivity contribution is 7.89. The second-order valence-corrected chi connectivity index (χ2v) is 5.35. The Balaban J connectivity index is 3.15. The molecule has 0 aliphatic carbocycles. The van der Waals surface area contributed by atoms with Gasteiger partial charge < -0.3 is 4.74 Å². The summed E-state index contributed by atoms with van der Waals surface area (Å²) in [4.78, 5) is 0.139. The van der Waals surface area contributed by atoms with Gasteiger partial charge in [0, 0.05) is 12.4 Å². The first-order valence-corrected chi connectivity index (χ1v) is 6.73. The molecule has 0 aliphatic heterocycles. The molecule has 6 heteroatoms. The van der Waals surface area contributed by atoms with Crippen molar-refractivity contribution in [3.63, 3.8) is 0 Å². The van der Waals surface area contributed by atoms with E-state index in [-0.39, 0.29) is 17.3 Å². The number of nitrogens with one attached hydrogen (secondary N) is 1. The van der Waals surface area contributed by atoms with E-state index in [1.165, 1.54) is 7.11 Å². The largest absolute Gasteiger partial charge is 0.495 e. The lowest BCUT2D eigenvalue weighted by Gasteiger charge is -2.10. The highest BCUT2D eigenvalue weighted by atomic mass is 35.5. The molecule has 1 rings (SSSR count). The molecule has 0 aromatic heterocycles. The van der Waals surface area contributed by atoms with Crippen molar-refractivity contribution in [1.29, 1.82) is 0 Å². The van der Waals surface area contributed by atoms with E-state index in [0.29, 0.717) is 5.75 Å². The first kappa shape index (κ1) is 13.3. The van der Waals surface area contributed by atoms with Crippen molar-refractivity contribution in [3.05, 3.63) is 23.8 Å². The van der Waals surface area contributed by atoms with Gasteiger partial charge in [0.05, 0.1) is 7.11 Å². The molecule has 0 spiro atoms. The maximum Gasteiger partial charge on any atom is 0.244 e. The molecule has 4 nitrogen and oxygen atoms in total. The predicted octanol–water partition coefficient (Wildman–Crippen LogP) is 1.52. The number of sulfonamides is 1. The summed E-state index contributed by atoms with van der Waals surface area (Å²) in [6.07, 6.45) is 0. The minimum Gasteiger partial charge on any atom is -0.495 e. The van der Waals surface area contributed by atoms with Crippen LogP contribution in [0.15, 0.2) is 23.1 Å². The van der Waals surface area contributed by atoms with Gasteiger partial charge in [0.2, 0.25) is 10.0 Å². The average molecular weight is 264 g/mol. The Morgan fingerprint density at radius 1 is 1.44 bits per heavy atom. The molecule has 16 heavy (non-hydrogen) atoms. The lowest BCUT2D eigenvalue weighted by atomic mass is 10.2. The number of rotatable bonds is 5. The summed E-state index contributed by atoms with van der Waals surface area (Å²) in [5.41, 5.74) is 0.854. The SMILES string of the molecule is COc1ccc(C)cc1S(=O)(=O)NCCCl.